The average Bonchev–Trinajstić information content (AvgIpc) is 3.09. The van der Waals surface area contributed by atoms with Gasteiger partial charge in [0.15, 0.2) is 0 Å². The fraction of sp³-hybridized carbons (Fsp3) is 0.167. The Balaban J connectivity index is 0.000000152. The molecule has 8 rings (SSSR count). The van der Waals surface area contributed by atoms with E-state index in [1.807, 2.05) is 0 Å². The van der Waals surface area contributed by atoms with Crippen molar-refractivity contribution in [2.75, 3.05) is 0 Å². The molecule has 0 amide bonds. The Morgan fingerprint density at radius 2 is 0.438 bits per heavy atom. The molecule has 0 aliphatic rings. The van der Waals surface area contributed by atoms with Crippen LogP contribution in [0.25, 0.3) is 65.3 Å². The summed E-state index contributed by atoms with van der Waals surface area (Å²) < 4.78 is 0. The van der Waals surface area contributed by atoms with Crippen molar-refractivity contribution >= 4 is 43.1 Å². The molecule has 0 fully saturated rings. The first-order valence-electron chi connectivity index (χ1n) is 17.1. The summed E-state index contributed by atoms with van der Waals surface area (Å²) in [7, 11) is 0. The third kappa shape index (κ3) is 5.26. The van der Waals surface area contributed by atoms with E-state index in [0.29, 0.717) is 0 Å². The summed E-state index contributed by atoms with van der Waals surface area (Å²) in [6.07, 6.45) is 0. The maximum atomic E-state index is 2.31. The van der Waals surface area contributed by atoms with E-state index in [-0.39, 0.29) is 0 Å². The molecule has 0 unspecified atom stereocenters. The second-order valence-electron chi connectivity index (χ2n) is 13.7. The van der Waals surface area contributed by atoms with Gasteiger partial charge in [0.25, 0.3) is 0 Å². The van der Waals surface area contributed by atoms with Crippen LogP contribution in [0, 0.1) is 55.4 Å². The first-order chi connectivity index (χ1) is 23.2. The molecule has 0 radical (unpaired) electrons. The second kappa shape index (κ2) is 12.4. The highest BCUT2D eigenvalue weighted by Gasteiger charge is 2.18. The van der Waals surface area contributed by atoms with Gasteiger partial charge in [0.2, 0.25) is 0 Å². The number of fused-ring (bicyclic) bond motifs is 4. The van der Waals surface area contributed by atoms with Gasteiger partial charge in [0, 0.05) is 0 Å². The number of hydrogen-bond acceptors (Lipinski definition) is 0. The van der Waals surface area contributed by atoms with Gasteiger partial charge in [0.1, 0.15) is 0 Å². The minimum Gasteiger partial charge on any atom is -0.0616 e. The van der Waals surface area contributed by atoms with Crippen molar-refractivity contribution in [2.24, 2.45) is 0 Å². The van der Waals surface area contributed by atoms with E-state index in [9.17, 15) is 0 Å². The van der Waals surface area contributed by atoms with Gasteiger partial charge in [0.05, 0.1) is 0 Å². The predicted octanol–water partition coefficient (Wildman–Crippen LogP) is 13.8. The lowest BCUT2D eigenvalue weighted by Crippen LogP contribution is -1.96. The minimum atomic E-state index is 1.32. The standard InChI is InChI=1S/2C24H22/c2*1-15-13-19-9-5-7-11-21(19)23(17(15)3)24-18(4)16(2)14-20-10-6-8-12-22(20)24/h2*5-14H,1-4H3. The molecule has 0 aliphatic carbocycles. The van der Waals surface area contributed by atoms with Gasteiger partial charge in [-0.25, -0.2) is 0 Å². The maximum absolute atomic E-state index is 2.31. The SMILES string of the molecule is Cc1cc2ccccc2c(-c2c(C)c(C)cc3ccccc23)c1C.Cc1cc2ccccc2c(-c2c(C)c(C)cc3ccccc23)c1C. The Kier molecular flexibility index (Phi) is 8.14. The Morgan fingerprint density at radius 1 is 0.250 bits per heavy atom. The monoisotopic (exact) mass is 620 g/mol. The van der Waals surface area contributed by atoms with Crippen molar-refractivity contribution in [1.29, 1.82) is 0 Å². The van der Waals surface area contributed by atoms with E-state index < -0.39 is 0 Å². The Bertz CT molecular complexity index is 2170. The molecule has 0 spiro atoms. The molecule has 8 aromatic carbocycles. The van der Waals surface area contributed by atoms with Crippen LogP contribution in [0.2, 0.25) is 0 Å². The summed E-state index contributed by atoms with van der Waals surface area (Å²) >= 11 is 0. The van der Waals surface area contributed by atoms with Gasteiger partial charge in [-0.15, -0.1) is 0 Å². The molecule has 0 saturated carbocycles. The predicted molar refractivity (Wildman–Crippen MR) is 212 cm³/mol. The van der Waals surface area contributed by atoms with Crippen LogP contribution in [0.1, 0.15) is 44.5 Å². The number of hydrogen-bond donors (Lipinski definition) is 0. The third-order valence-electron chi connectivity index (χ3n) is 10.8. The molecule has 0 aliphatic heterocycles. The summed E-state index contributed by atoms with van der Waals surface area (Å²) in [6, 6.07) is 44.2. The van der Waals surface area contributed by atoms with Crippen molar-refractivity contribution in [2.45, 2.75) is 55.4 Å². The molecule has 48 heavy (non-hydrogen) atoms. The van der Waals surface area contributed by atoms with Gasteiger partial charge in [-0.1, -0.05) is 121 Å². The molecule has 0 heteroatoms. The van der Waals surface area contributed by atoms with Crippen LogP contribution in [0.3, 0.4) is 0 Å². The molecule has 0 nitrogen and oxygen atoms in total. The summed E-state index contributed by atoms with van der Waals surface area (Å²) in [5, 5.41) is 10.7. The topological polar surface area (TPSA) is 0 Å². The number of rotatable bonds is 2. The molecular formula is C48H44. The zero-order valence-corrected chi connectivity index (χ0v) is 29.5. The normalized spacial score (nSPS) is 11.3. The highest BCUT2D eigenvalue weighted by molar-refractivity contribution is 6.10. The summed E-state index contributed by atoms with van der Waals surface area (Å²) in [6.45, 7) is 17.9. The lowest BCUT2D eigenvalue weighted by Gasteiger charge is -2.19. The van der Waals surface area contributed by atoms with Crippen LogP contribution >= 0.6 is 0 Å². The molecule has 0 saturated heterocycles. The van der Waals surface area contributed by atoms with Crippen molar-refractivity contribution in [1.82, 2.24) is 0 Å². The second-order valence-corrected chi connectivity index (χ2v) is 13.7. The Labute approximate surface area is 285 Å². The van der Waals surface area contributed by atoms with E-state index in [0.717, 1.165) is 0 Å². The lowest BCUT2D eigenvalue weighted by molar-refractivity contribution is 1.33. The zero-order valence-electron chi connectivity index (χ0n) is 29.5. The van der Waals surface area contributed by atoms with Gasteiger partial charge < -0.3 is 0 Å². The van der Waals surface area contributed by atoms with Crippen LogP contribution < -0.4 is 0 Å². The molecule has 8 aromatic rings. The summed E-state index contributed by atoms with van der Waals surface area (Å²) in [5.41, 5.74) is 16.5. The molecule has 0 atom stereocenters. The van der Waals surface area contributed by atoms with Crippen LogP contribution in [0.4, 0.5) is 0 Å². The molecule has 0 bridgehead atoms. The third-order valence-corrected chi connectivity index (χ3v) is 10.8. The zero-order chi connectivity index (χ0) is 33.7. The van der Waals surface area contributed by atoms with Gasteiger partial charge in [-0.05, 0) is 165 Å². The van der Waals surface area contributed by atoms with Crippen molar-refractivity contribution in [3.05, 3.63) is 166 Å². The number of aryl methyl sites for hydroxylation is 4. The maximum Gasteiger partial charge on any atom is -0.00645 e. The molecule has 0 aromatic heterocycles. The van der Waals surface area contributed by atoms with Crippen LogP contribution in [0.5, 0.6) is 0 Å². The first kappa shape index (κ1) is 31.4. The summed E-state index contributed by atoms with van der Waals surface area (Å²) in [5.74, 6) is 0. The van der Waals surface area contributed by atoms with E-state index in [1.165, 1.54) is 110 Å². The van der Waals surface area contributed by atoms with Gasteiger partial charge in [-0.3, -0.25) is 0 Å². The molecule has 236 valence electrons. The van der Waals surface area contributed by atoms with Crippen molar-refractivity contribution < 1.29 is 0 Å². The highest BCUT2D eigenvalue weighted by atomic mass is 14.2. The Morgan fingerprint density at radius 3 is 0.646 bits per heavy atom. The van der Waals surface area contributed by atoms with E-state index in [2.05, 4.69) is 177 Å². The highest BCUT2D eigenvalue weighted by Crippen LogP contribution is 2.42. The molecule has 0 heterocycles. The quantitative estimate of drug-likeness (QED) is 0.180. The van der Waals surface area contributed by atoms with E-state index in [4.69, 9.17) is 0 Å². The Hall–Kier alpha value is -5.20. The number of benzene rings is 8. The smallest absolute Gasteiger partial charge is 0.00645 e. The van der Waals surface area contributed by atoms with Crippen molar-refractivity contribution in [3.8, 4) is 22.3 Å². The fourth-order valence-corrected chi connectivity index (χ4v) is 7.65. The largest absolute Gasteiger partial charge is 0.0616 e. The van der Waals surface area contributed by atoms with Crippen LogP contribution in [-0.2, 0) is 0 Å². The molecule has 0 N–H and O–H groups in total. The molecular weight excluding hydrogens is 577 g/mol. The van der Waals surface area contributed by atoms with Crippen LogP contribution in [0.15, 0.2) is 121 Å². The van der Waals surface area contributed by atoms with E-state index in [1.54, 1.807) is 0 Å². The van der Waals surface area contributed by atoms with Crippen LogP contribution in [-0.4, -0.2) is 0 Å². The summed E-state index contributed by atoms with van der Waals surface area (Å²) in [4.78, 5) is 0. The van der Waals surface area contributed by atoms with Gasteiger partial charge >= 0.3 is 0 Å². The minimum absolute atomic E-state index is 1.32. The fourth-order valence-electron chi connectivity index (χ4n) is 7.65. The van der Waals surface area contributed by atoms with E-state index >= 15 is 0 Å². The van der Waals surface area contributed by atoms with Gasteiger partial charge in [-0.2, -0.15) is 0 Å². The van der Waals surface area contributed by atoms with Crippen molar-refractivity contribution in [3.63, 3.8) is 0 Å². The lowest BCUT2D eigenvalue weighted by atomic mass is 9.85. The average molecular weight is 621 g/mol. The first-order valence-corrected chi connectivity index (χ1v) is 17.1.